The maximum Gasteiger partial charge on any atom is 0.131 e. The van der Waals surface area contributed by atoms with Crippen LogP contribution in [0.1, 0.15) is 32.6 Å². The minimum absolute atomic E-state index is 0.419. The molecule has 1 aliphatic rings. The minimum Gasteiger partial charge on any atom is -0.390 e. The highest BCUT2D eigenvalue weighted by molar-refractivity contribution is 14.1. The maximum atomic E-state index is 9.90. The number of hydrogen-bond acceptors (Lipinski definition) is 3. The van der Waals surface area contributed by atoms with Gasteiger partial charge in [0, 0.05) is 12.2 Å². The fourth-order valence-corrected chi connectivity index (χ4v) is 2.74. The van der Waals surface area contributed by atoms with Gasteiger partial charge < -0.3 is 10.4 Å². The zero-order chi connectivity index (χ0) is 12.5. The molecule has 0 atom stereocenters. The SMILES string of the molecule is CC1(O)CCC(Nc2cc(Cl)ncc2I)CC1. The van der Waals surface area contributed by atoms with Gasteiger partial charge in [-0.15, -0.1) is 0 Å². The van der Waals surface area contributed by atoms with Gasteiger partial charge in [-0.2, -0.15) is 0 Å². The number of hydrogen-bond donors (Lipinski definition) is 2. The first-order valence-electron chi connectivity index (χ1n) is 5.76. The molecule has 1 heterocycles. The molecule has 3 nitrogen and oxygen atoms in total. The molecule has 0 aliphatic heterocycles. The zero-order valence-corrected chi connectivity index (χ0v) is 12.6. The van der Waals surface area contributed by atoms with Crippen LogP contribution in [-0.4, -0.2) is 21.7 Å². The van der Waals surface area contributed by atoms with Gasteiger partial charge in [-0.25, -0.2) is 4.98 Å². The normalized spacial score (nSPS) is 29.1. The molecule has 0 unspecified atom stereocenters. The second kappa shape index (κ2) is 5.28. The van der Waals surface area contributed by atoms with Crippen molar-refractivity contribution < 1.29 is 5.11 Å². The van der Waals surface area contributed by atoms with Gasteiger partial charge in [-0.1, -0.05) is 11.6 Å². The maximum absolute atomic E-state index is 9.90. The average molecular weight is 367 g/mol. The second-order valence-electron chi connectivity index (χ2n) is 4.90. The van der Waals surface area contributed by atoms with Crippen molar-refractivity contribution in [3.63, 3.8) is 0 Å². The summed E-state index contributed by atoms with van der Waals surface area (Å²) < 4.78 is 1.07. The molecular weight excluding hydrogens is 351 g/mol. The molecule has 0 amide bonds. The van der Waals surface area contributed by atoms with Crippen LogP contribution < -0.4 is 5.32 Å². The van der Waals surface area contributed by atoms with Crippen LogP contribution in [0.2, 0.25) is 5.15 Å². The zero-order valence-electron chi connectivity index (χ0n) is 9.71. The Morgan fingerprint density at radius 1 is 1.53 bits per heavy atom. The van der Waals surface area contributed by atoms with Crippen molar-refractivity contribution in [3.05, 3.63) is 21.0 Å². The molecule has 1 aliphatic carbocycles. The molecule has 1 saturated carbocycles. The number of anilines is 1. The summed E-state index contributed by atoms with van der Waals surface area (Å²) in [6, 6.07) is 2.28. The monoisotopic (exact) mass is 366 g/mol. The van der Waals surface area contributed by atoms with Crippen LogP contribution in [0.25, 0.3) is 0 Å². The van der Waals surface area contributed by atoms with E-state index >= 15 is 0 Å². The fraction of sp³-hybridized carbons (Fsp3) is 0.583. The van der Waals surface area contributed by atoms with Gasteiger partial charge in [0.1, 0.15) is 5.15 Å². The Morgan fingerprint density at radius 2 is 2.18 bits per heavy atom. The highest BCUT2D eigenvalue weighted by atomic mass is 127. The molecule has 17 heavy (non-hydrogen) atoms. The summed E-state index contributed by atoms with van der Waals surface area (Å²) in [6.07, 6.45) is 5.44. The first kappa shape index (κ1) is 13.4. The van der Waals surface area contributed by atoms with Crippen molar-refractivity contribution >= 4 is 39.9 Å². The standard InChI is InChI=1S/C12H16ClIN2O/c1-12(17)4-2-8(3-5-12)16-10-6-11(13)15-7-9(10)14/h6-8,17H,2-5H2,1H3,(H,15,16). The van der Waals surface area contributed by atoms with Crippen LogP contribution in [-0.2, 0) is 0 Å². The van der Waals surface area contributed by atoms with Crippen LogP contribution in [0, 0.1) is 3.57 Å². The first-order valence-corrected chi connectivity index (χ1v) is 7.22. The van der Waals surface area contributed by atoms with Gasteiger partial charge in [0.15, 0.2) is 0 Å². The summed E-state index contributed by atoms with van der Waals surface area (Å²) in [5.74, 6) is 0. The molecular formula is C12H16ClIN2O. The summed E-state index contributed by atoms with van der Waals surface area (Å²) in [6.45, 7) is 1.91. The van der Waals surface area contributed by atoms with E-state index in [9.17, 15) is 5.11 Å². The lowest BCUT2D eigenvalue weighted by Crippen LogP contribution is -2.35. The van der Waals surface area contributed by atoms with Gasteiger partial charge in [0.2, 0.25) is 0 Å². The second-order valence-corrected chi connectivity index (χ2v) is 6.45. The molecule has 2 rings (SSSR count). The number of rotatable bonds is 2. The third-order valence-electron chi connectivity index (χ3n) is 3.24. The van der Waals surface area contributed by atoms with E-state index in [4.69, 9.17) is 11.6 Å². The van der Waals surface area contributed by atoms with E-state index in [0.29, 0.717) is 11.2 Å². The number of halogens is 2. The van der Waals surface area contributed by atoms with Crippen LogP contribution in [0.15, 0.2) is 12.3 Å². The van der Waals surface area contributed by atoms with E-state index in [1.165, 1.54) is 0 Å². The lowest BCUT2D eigenvalue weighted by Gasteiger charge is -2.34. The summed E-state index contributed by atoms with van der Waals surface area (Å²) >= 11 is 8.13. The van der Waals surface area contributed by atoms with Crippen LogP contribution >= 0.6 is 34.2 Å². The van der Waals surface area contributed by atoms with Gasteiger partial charge in [0.05, 0.1) is 14.9 Å². The molecule has 1 aromatic rings. The van der Waals surface area contributed by atoms with Crippen LogP contribution in [0.5, 0.6) is 0 Å². The molecule has 5 heteroatoms. The number of aliphatic hydroxyl groups is 1. The average Bonchev–Trinajstić information content (AvgIpc) is 2.26. The van der Waals surface area contributed by atoms with Gasteiger partial charge >= 0.3 is 0 Å². The van der Waals surface area contributed by atoms with E-state index < -0.39 is 5.60 Å². The molecule has 1 fully saturated rings. The number of pyridine rings is 1. The van der Waals surface area contributed by atoms with Crippen LogP contribution in [0.3, 0.4) is 0 Å². The summed E-state index contributed by atoms with van der Waals surface area (Å²) in [5.41, 5.74) is 0.554. The van der Waals surface area contributed by atoms with Gasteiger partial charge in [-0.3, -0.25) is 0 Å². The molecule has 0 bridgehead atoms. The fourth-order valence-electron chi connectivity index (χ4n) is 2.13. The minimum atomic E-state index is -0.485. The van der Waals surface area contributed by atoms with Gasteiger partial charge in [0.25, 0.3) is 0 Å². The summed E-state index contributed by atoms with van der Waals surface area (Å²) in [4.78, 5) is 4.03. The Labute approximate surface area is 120 Å². The number of nitrogens with one attached hydrogen (secondary N) is 1. The topological polar surface area (TPSA) is 45.1 Å². The Bertz CT molecular complexity index is 401. The van der Waals surface area contributed by atoms with E-state index in [1.807, 2.05) is 13.0 Å². The molecule has 0 spiro atoms. The van der Waals surface area contributed by atoms with Crippen molar-refractivity contribution in [2.75, 3.05) is 5.32 Å². The van der Waals surface area contributed by atoms with E-state index in [2.05, 4.69) is 32.9 Å². The Morgan fingerprint density at radius 3 is 2.82 bits per heavy atom. The largest absolute Gasteiger partial charge is 0.390 e. The molecule has 0 radical (unpaired) electrons. The summed E-state index contributed by atoms with van der Waals surface area (Å²) in [7, 11) is 0. The van der Waals surface area contributed by atoms with E-state index in [-0.39, 0.29) is 0 Å². The van der Waals surface area contributed by atoms with Crippen molar-refractivity contribution in [2.24, 2.45) is 0 Å². The molecule has 1 aromatic heterocycles. The van der Waals surface area contributed by atoms with Crippen LogP contribution in [0.4, 0.5) is 5.69 Å². The predicted molar refractivity (Wildman–Crippen MR) is 78.5 cm³/mol. The predicted octanol–water partition coefficient (Wildman–Crippen LogP) is 3.45. The molecule has 94 valence electrons. The third kappa shape index (κ3) is 3.69. The quantitative estimate of drug-likeness (QED) is 0.622. The van der Waals surface area contributed by atoms with Crippen molar-refractivity contribution in [3.8, 4) is 0 Å². The molecule has 0 aromatic carbocycles. The van der Waals surface area contributed by atoms with Crippen molar-refractivity contribution in [1.29, 1.82) is 0 Å². The summed E-state index contributed by atoms with van der Waals surface area (Å²) in [5, 5.41) is 13.9. The Hall–Kier alpha value is -0.0700. The van der Waals surface area contributed by atoms with Gasteiger partial charge in [-0.05, 0) is 61.3 Å². The third-order valence-corrected chi connectivity index (χ3v) is 4.31. The van der Waals surface area contributed by atoms with E-state index in [0.717, 1.165) is 34.9 Å². The Balaban J connectivity index is 2.00. The highest BCUT2D eigenvalue weighted by Crippen LogP contribution is 2.30. The number of aromatic nitrogens is 1. The smallest absolute Gasteiger partial charge is 0.131 e. The molecule has 0 saturated heterocycles. The number of nitrogens with zero attached hydrogens (tertiary/aromatic N) is 1. The van der Waals surface area contributed by atoms with Crippen molar-refractivity contribution in [1.82, 2.24) is 4.98 Å². The Kier molecular flexibility index (Phi) is 4.15. The lowest BCUT2D eigenvalue weighted by molar-refractivity contribution is 0.0196. The van der Waals surface area contributed by atoms with Crippen molar-refractivity contribution in [2.45, 2.75) is 44.2 Å². The first-order chi connectivity index (χ1) is 7.96. The van der Waals surface area contributed by atoms with E-state index in [1.54, 1.807) is 6.20 Å². The lowest BCUT2D eigenvalue weighted by atomic mass is 9.83. The highest BCUT2D eigenvalue weighted by Gasteiger charge is 2.28. The molecule has 2 N–H and O–H groups in total.